The molecule has 0 saturated carbocycles. The van der Waals surface area contributed by atoms with E-state index in [1.54, 1.807) is 0 Å². The average molecular weight is 513 g/mol. The molecule has 0 aliphatic rings. The van der Waals surface area contributed by atoms with Gasteiger partial charge < -0.3 is 20.4 Å². The van der Waals surface area contributed by atoms with Gasteiger partial charge in [0.1, 0.15) is 0 Å². The molecule has 0 saturated heterocycles. The Labute approximate surface area is 128 Å². The Bertz CT molecular complexity index is 318. The van der Waals surface area contributed by atoms with E-state index in [2.05, 4.69) is 0 Å². The molecule has 0 heterocycles. The molecule has 0 spiro atoms. The second kappa shape index (κ2) is 6.65. The molecule has 0 atom stereocenters. The smallest absolute Gasteiger partial charge is 0.335 e. The Morgan fingerprint density at radius 3 is 1.71 bits per heavy atom. The zero-order valence-electron chi connectivity index (χ0n) is 7.01. The van der Waals surface area contributed by atoms with Crippen LogP contribution in [-0.4, -0.2) is 53.7 Å². The fourth-order valence-electron chi connectivity index (χ4n) is 0.728. The summed E-state index contributed by atoms with van der Waals surface area (Å²) in [5, 5.41) is 35.0. The maximum absolute atomic E-state index is 10.3. The van der Waals surface area contributed by atoms with Crippen LogP contribution in [0.15, 0.2) is 12.1 Å². The molecule has 0 unspecified atom stereocenters. The van der Waals surface area contributed by atoms with Crippen molar-refractivity contribution in [3.63, 3.8) is 0 Å². The van der Waals surface area contributed by atoms with Gasteiger partial charge in [-0.25, -0.2) is 4.79 Å². The fraction of sp³-hybridized carbons (Fsp3) is 0. The van der Waals surface area contributed by atoms with Crippen molar-refractivity contribution < 1.29 is 60.8 Å². The van der Waals surface area contributed by atoms with Gasteiger partial charge in [0.2, 0.25) is 0 Å². The predicted octanol–water partition coefficient (Wildman–Crippen LogP) is 0.121. The number of aromatic hydroxyl groups is 3. The normalized spacial score (nSPS) is 8.29. The predicted molar refractivity (Wildman–Crippen MR) is 44.1 cm³/mol. The molecule has 5 nitrogen and oxygen atoms in total. The zero-order chi connectivity index (χ0) is 9.30. The summed E-state index contributed by atoms with van der Waals surface area (Å²) in [6.45, 7) is 0. The third-order valence-electron chi connectivity index (χ3n) is 1.32. The van der Waals surface area contributed by atoms with Gasteiger partial charge in [0, 0.05) is 62.9 Å². The number of carboxylic acids is 1. The number of rotatable bonds is 1. The summed E-state index contributed by atoms with van der Waals surface area (Å²) in [5.74, 6) is -3.33. The van der Waals surface area contributed by atoms with Gasteiger partial charge >= 0.3 is 5.97 Å². The molecular weight excluding hydrogens is 507 g/mol. The van der Waals surface area contributed by atoms with E-state index in [-0.39, 0.29) is 68.5 Å². The molecule has 0 aliphatic heterocycles. The standard InChI is InChI=1S/C7H6O5.La.Tl/c8-4-1-3(7(11)12)2-5(9)6(4)10;;/h1-2,8-10H,(H,11,12);;. The second-order valence-corrected chi connectivity index (χ2v) is 2.17. The van der Waals surface area contributed by atoms with Crippen molar-refractivity contribution in [2.24, 2.45) is 0 Å². The van der Waals surface area contributed by atoms with E-state index in [4.69, 9.17) is 20.4 Å². The number of carboxylic acid groups (broad SMARTS) is 1. The van der Waals surface area contributed by atoms with Crippen LogP contribution in [0.5, 0.6) is 17.2 Å². The van der Waals surface area contributed by atoms with E-state index < -0.39 is 23.2 Å². The first-order valence-corrected chi connectivity index (χ1v) is 3.00. The summed E-state index contributed by atoms with van der Waals surface area (Å²) in [5.41, 5.74) is -0.289. The monoisotopic (exact) mass is 514 g/mol. The van der Waals surface area contributed by atoms with Gasteiger partial charge in [0.15, 0.2) is 17.2 Å². The Morgan fingerprint density at radius 1 is 1.07 bits per heavy atom. The number of phenolic OH excluding ortho intramolecular Hbond substituents is 3. The number of aromatic carboxylic acids is 1. The summed E-state index contributed by atoms with van der Waals surface area (Å²) in [6, 6.07) is 1.69. The number of benzene rings is 1. The Balaban J connectivity index is 0. The number of phenols is 3. The first-order valence-electron chi connectivity index (χ1n) is 3.00. The molecule has 70 valence electrons. The SMILES string of the molecule is O=C(O)c1cc(O)c(O)c(O)c1.[La].[Tl]. The zero-order valence-corrected chi connectivity index (χ0v) is 15.1. The molecule has 14 heavy (non-hydrogen) atoms. The van der Waals surface area contributed by atoms with Crippen molar-refractivity contribution in [1.82, 2.24) is 0 Å². The minimum Gasteiger partial charge on any atom is -0.504 e. The largest absolute Gasteiger partial charge is 0.504 e. The quantitative estimate of drug-likeness (QED) is 0.316. The molecule has 0 aromatic heterocycles. The van der Waals surface area contributed by atoms with E-state index in [0.717, 1.165) is 12.1 Å². The third kappa shape index (κ3) is 3.75. The molecule has 0 aliphatic carbocycles. The molecule has 1 aromatic rings. The van der Waals surface area contributed by atoms with Crippen molar-refractivity contribution in [1.29, 1.82) is 0 Å². The van der Waals surface area contributed by atoms with Crippen molar-refractivity contribution in [3.05, 3.63) is 17.7 Å². The maximum atomic E-state index is 10.3. The molecule has 1 rings (SSSR count). The summed E-state index contributed by atoms with van der Waals surface area (Å²) >= 11 is 0. The molecule has 7 heteroatoms. The first kappa shape index (κ1) is 16.6. The molecule has 4 N–H and O–H groups in total. The summed E-state index contributed by atoms with van der Waals surface area (Å²) in [7, 11) is 0. The third-order valence-corrected chi connectivity index (χ3v) is 1.32. The maximum Gasteiger partial charge on any atom is 0.335 e. The number of hydrogen-bond donors (Lipinski definition) is 4. The summed E-state index contributed by atoms with van der Waals surface area (Å²) in [4.78, 5) is 10.3. The number of carbonyl (C=O) groups is 1. The van der Waals surface area contributed by atoms with Gasteiger partial charge in [-0.05, 0) is 12.1 Å². The molecule has 0 bridgehead atoms. The van der Waals surface area contributed by atoms with Crippen LogP contribution >= 0.6 is 0 Å². The first-order chi connectivity index (χ1) is 5.52. The van der Waals surface area contributed by atoms with E-state index in [9.17, 15) is 4.79 Å². The van der Waals surface area contributed by atoms with Crippen molar-refractivity contribution >= 4 is 33.3 Å². The van der Waals surface area contributed by atoms with E-state index in [1.807, 2.05) is 0 Å². The van der Waals surface area contributed by atoms with Gasteiger partial charge in [-0.15, -0.1) is 0 Å². The van der Waals surface area contributed by atoms with E-state index >= 15 is 0 Å². The molecule has 0 fully saturated rings. The van der Waals surface area contributed by atoms with Crippen molar-refractivity contribution in [2.45, 2.75) is 0 Å². The number of hydrogen-bond acceptors (Lipinski definition) is 4. The van der Waals surface area contributed by atoms with Crippen LogP contribution in [-0.2, 0) is 0 Å². The molecule has 1 aromatic carbocycles. The van der Waals surface area contributed by atoms with E-state index in [1.165, 1.54) is 0 Å². The fourth-order valence-corrected chi connectivity index (χ4v) is 0.728. The van der Waals surface area contributed by atoms with E-state index in [0.29, 0.717) is 0 Å². The van der Waals surface area contributed by atoms with Crippen LogP contribution in [0.4, 0.5) is 0 Å². The van der Waals surface area contributed by atoms with Gasteiger partial charge in [-0.2, -0.15) is 0 Å². The van der Waals surface area contributed by atoms with Crippen molar-refractivity contribution in [2.75, 3.05) is 0 Å². The Hall–Kier alpha value is 0.207. The van der Waals surface area contributed by atoms with Gasteiger partial charge in [0.05, 0.1) is 5.56 Å². The van der Waals surface area contributed by atoms with Crippen LogP contribution in [0.3, 0.4) is 0 Å². The van der Waals surface area contributed by atoms with Crippen LogP contribution < -0.4 is 0 Å². The Morgan fingerprint density at radius 2 is 1.43 bits per heavy atom. The minimum absolute atomic E-state index is 0. The topological polar surface area (TPSA) is 98.0 Å². The average Bonchev–Trinajstić information content (AvgIpc) is 1.99. The van der Waals surface area contributed by atoms with Crippen LogP contribution in [0.1, 0.15) is 10.4 Å². The van der Waals surface area contributed by atoms with Crippen LogP contribution in [0, 0.1) is 35.6 Å². The van der Waals surface area contributed by atoms with Gasteiger partial charge in [-0.1, -0.05) is 0 Å². The minimum atomic E-state index is -1.29. The van der Waals surface area contributed by atoms with Crippen molar-refractivity contribution in [3.8, 4) is 17.2 Å². The molecular formula is C7H6LaO5Tl. The van der Waals surface area contributed by atoms with Crippen LogP contribution in [0.2, 0.25) is 0 Å². The summed E-state index contributed by atoms with van der Waals surface area (Å²) in [6.07, 6.45) is 0. The second-order valence-electron chi connectivity index (χ2n) is 2.17. The Kier molecular flexibility index (Phi) is 7.90. The van der Waals surface area contributed by atoms with Gasteiger partial charge in [-0.3, -0.25) is 0 Å². The van der Waals surface area contributed by atoms with Crippen LogP contribution in [0.25, 0.3) is 0 Å². The molecule has 2 radical (unpaired) electrons. The molecule has 0 amide bonds. The van der Waals surface area contributed by atoms with Gasteiger partial charge in [0.25, 0.3) is 0 Å². The summed E-state index contributed by atoms with van der Waals surface area (Å²) < 4.78 is 0.